The summed E-state index contributed by atoms with van der Waals surface area (Å²) in [5.74, 6) is -1.05. The van der Waals surface area contributed by atoms with E-state index in [1.807, 2.05) is 32.0 Å². The van der Waals surface area contributed by atoms with Gasteiger partial charge >= 0.3 is 0 Å². The summed E-state index contributed by atoms with van der Waals surface area (Å²) in [5.41, 5.74) is 3.32. The maximum absolute atomic E-state index is 12.9. The average molecular weight is 469 g/mol. The molecule has 164 valence electrons. The fourth-order valence-electron chi connectivity index (χ4n) is 3.50. The second-order valence-electron chi connectivity index (χ2n) is 7.67. The molecule has 1 aliphatic heterocycles. The number of thioether (sulfide) groups is 1. The smallest absolute Gasteiger partial charge is 0.257 e. The molecule has 1 aromatic heterocycles. The first kappa shape index (κ1) is 22.1. The first-order chi connectivity index (χ1) is 15.3. The van der Waals surface area contributed by atoms with Crippen LogP contribution in [0.5, 0.6) is 0 Å². The van der Waals surface area contributed by atoms with Crippen molar-refractivity contribution in [1.82, 2.24) is 9.97 Å². The second kappa shape index (κ2) is 9.18. The number of aromatic nitrogens is 2. The minimum Gasteiger partial charge on any atom is -0.325 e. The highest BCUT2D eigenvalue weighted by Crippen LogP contribution is 2.31. The van der Waals surface area contributed by atoms with Gasteiger partial charge in [-0.05, 0) is 37.1 Å². The van der Waals surface area contributed by atoms with Crippen molar-refractivity contribution in [3.8, 4) is 0 Å². The van der Waals surface area contributed by atoms with Crippen molar-refractivity contribution >= 4 is 46.7 Å². The zero-order chi connectivity index (χ0) is 22.8. The number of hydrogen-bond donors (Lipinski definition) is 3. The number of benzene rings is 2. The van der Waals surface area contributed by atoms with E-state index in [2.05, 4.69) is 26.7 Å². The van der Waals surface area contributed by atoms with E-state index in [0.717, 1.165) is 16.7 Å². The number of rotatable bonds is 5. The maximum atomic E-state index is 12.9. The van der Waals surface area contributed by atoms with Crippen molar-refractivity contribution in [3.63, 3.8) is 0 Å². The number of H-pyrrole nitrogens is 1. The molecule has 2 amide bonds. The molecular formula is C23H21ClN4O3S. The lowest BCUT2D eigenvalue weighted by Gasteiger charge is -2.23. The normalized spacial score (nSPS) is 15.1. The molecule has 0 aliphatic carbocycles. The topological polar surface area (TPSA) is 104 Å². The molecule has 1 aliphatic rings. The van der Waals surface area contributed by atoms with Crippen molar-refractivity contribution < 1.29 is 9.59 Å². The molecule has 0 bridgehead atoms. The molecule has 0 spiro atoms. The fraction of sp³-hybridized carbons (Fsp3) is 0.217. The van der Waals surface area contributed by atoms with Crippen LogP contribution in [0.2, 0.25) is 5.02 Å². The Labute approximate surface area is 194 Å². The largest absolute Gasteiger partial charge is 0.325 e. The van der Waals surface area contributed by atoms with E-state index in [1.54, 1.807) is 18.2 Å². The van der Waals surface area contributed by atoms with Crippen LogP contribution in [0.25, 0.3) is 0 Å². The van der Waals surface area contributed by atoms with E-state index < -0.39 is 17.4 Å². The molecule has 0 fully saturated rings. The Kier molecular flexibility index (Phi) is 6.34. The molecule has 0 unspecified atom stereocenters. The Morgan fingerprint density at radius 2 is 2.03 bits per heavy atom. The minimum absolute atomic E-state index is 0.124. The molecule has 4 rings (SSSR count). The van der Waals surface area contributed by atoms with Crippen molar-refractivity contribution in [3.05, 3.63) is 80.1 Å². The summed E-state index contributed by atoms with van der Waals surface area (Å²) in [6, 6.07) is 13.2. The van der Waals surface area contributed by atoms with E-state index in [0.29, 0.717) is 21.6 Å². The van der Waals surface area contributed by atoms with E-state index in [4.69, 9.17) is 11.6 Å². The summed E-state index contributed by atoms with van der Waals surface area (Å²) in [4.78, 5) is 45.2. The summed E-state index contributed by atoms with van der Waals surface area (Å²) in [7, 11) is 0. The molecule has 3 aromatic rings. The minimum atomic E-state index is -0.953. The van der Waals surface area contributed by atoms with Gasteiger partial charge in [-0.1, -0.05) is 59.3 Å². The van der Waals surface area contributed by atoms with Gasteiger partial charge in [0.05, 0.1) is 11.5 Å². The number of nitrogens with zero attached hydrogens (tertiary/aromatic N) is 1. The van der Waals surface area contributed by atoms with Gasteiger partial charge in [-0.15, -0.1) is 0 Å². The van der Waals surface area contributed by atoms with Crippen molar-refractivity contribution in [1.29, 1.82) is 0 Å². The first-order valence-electron chi connectivity index (χ1n) is 9.99. The molecule has 0 saturated carbocycles. The maximum Gasteiger partial charge on any atom is 0.257 e. The van der Waals surface area contributed by atoms with Crippen LogP contribution in [0, 0.1) is 13.8 Å². The molecular weight excluding hydrogens is 448 g/mol. The van der Waals surface area contributed by atoms with Crippen LogP contribution < -0.4 is 16.2 Å². The highest BCUT2D eigenvalue weighted by Gasteiger charge is 2.34. The van der Waals surface area contributed by atoms with Crippen molar-refractivity contribution in [2.45, 2.75) is 37.1 Å². The monoisotopic (exact) mass is 468 g/mol. The number of amides is 2. The quantitative estimate of drug-likeness (QED) is 0.380. The number of aromatic amines is 1. The lowest BCUT2D eigenvalue weighted by molar-refractivity contribution is -0.123. The van der Waals surface area contributed by atoms with Gasteiger partial charge < -0.3 is 15.6 Å². The zero-order valence-corrected chi connectivity index (χ0v) is 19.1. The Hall–Kier alpha value is -3.10. The van der Waals surface area contributed by atoms with Crippen LogP contribution in [-0.4, -0.2) is 21.8 Å². The van der Waals surface area contributed by atoms with Gasteiger partial charge in [0.2, 0.25) is 11.8 Å². The summed E-state index contributed by atoms with van der Waals surface area (Å²) in [6.45, 7) is 3.87. The van der Waals surface area contributed by atoms with Gasteiger partial charge in [-0.3, -0.25) is 14.4 Å². The van der Waals surface area contributed by atoms with Crippen LogP contribution in [0.3, 0.4) is 0 Å². The Bertz CT molecular complexity index is 1270. The molecule has 7 nitrogen and oxygen atoms in total. The average Bonchev–Trinajstić information content (AvgIpc) is 2.74. The second-order valence-corrected chi connectivity index (χ2v) is 9.04. The van der Waals surface area contributed by atoms with Gasteiger partial charge in [0.15, 0.2) is 5.16 Å². The van der Waals surface area contributed by atoms with E-state index in [-0.39, 0.29) is 23.7 Å². The van der Waals surface area contributed by atoms with Crippen LogP contribution >= 0.6 is 23.4 Å². The predicted octanol–water partition coefficient (Wildman–Crippen LogP) is 4.40. The molecule has 0 saturated heterocycles. The Morgan fingerprint density at radius 3 is 2.78 bits per heavy atom. The van der Waals surface area contributed by atoms with Gasteiger partial charge in [-0.2, -0.15) is 0 Å². The van der Waals surface area contributed by atoms with E-state index >= 15 is 0 Å². The predicted molar refractivity (Wildman–Crippen MR) is 126 cm³/mol. The third-order valence-electron chi connectivity index (χ3n) is 5.14. The van der Waals surface area contributed by atoms with Crippen molar-refractivity contribution in [2.24, 2.45) is 0 Å². The van der Waals surface area contributed by atoms with Crippen molar-refractivity contribution in [2.75, 3.05) is 10.6 Å². The Balaban J connectivity index is 1.57. The molecule has 32 heavy (non-hydrogen) atoms. The molecule has 9 heteroatoms. The number of fused-ring (bicyclic) bond motifs is 1. The van der Waals surface area contributed by atoms with E-state index in [1.165, 1.54) is 11.8 Å². The summed E-state index contributed by atoms with van der Waals surface area (Å²) >= 11 is 7.48. The standard InChI is InChI=1S/C23H21ClN4O3S/c1-12-4-3-5-14(8-12)11-32-23-27-20-19(22(31)28-23)16(10-18(29)26-20)21(30)25-15-7-6-13(2)17(24)9-15/h3-9,16H,10-11H2,1-2H3,(H,25,30)(H2,26,27,28,29,31)/t16-/m0/s1. The number of hydrogen-bond acceptors (Lipinski definition) is 5. The summed E-state index contributed by atoms with van der Waals surface area (Å²) < 4.78 is 0. The molecule has 1 atom stereocenters. The van der Waals surface area contributed by atoms with Crippen LogP contribution in [0.15, 0.2) is 52.4 Å². The zero-order valence-electron chi connectivity index (χ0n) is 17.5. The van der Waals surface area contributed by atoms with Gasteiger partial charge in [0.1, 0.15) is 5.82 Å². The number of anilines is 2. The summed E-state index contributed by atoms with van der Waals surface area (Å²) in [6.07, 6.45) is -0.140. The number of halogens is 1. The number of nitrogens with one attached hydrogen (secondary N) is 3. The third-order valence-corrected chi connectivity index (χ3v) is 6.49. The first-order valence-corrected chi connectivity index (χ1v) is 11.4. The SMILES string of the molecule is Cc1cccc(CSc2nc3c(c(=O)[nH]2)[C@@H](C(=O)Nc2ccc(C)c(Cl)c2)CC(=O)N3)c1. The highest BCUT2D eigenvalue weighted by atomic mass is 35.5. The van der Waals surface area contributed by atoms with Crippen LogP contribution in [0.1, 0.15) is 34.6 Å². The fourth-order valence-corrected chi connectivity index (χ4v) is 4.48. The van der Waals surface area contributed by atoms with Crippen LogP contribution in [-0.2, 0) is 15.3 Å². The summed E-state index contributed by atoms with van der Waals surface area (Å²) in [5, 5.41) is 6.27. The van der Waals surface area contributed by atoms with Gasteiger partial charge in [-0.25, -0.2) is 4.98 Å². The lowest BCUT2D eigenvalue weighted by Crippen LogP contribution is -2.36. The van der Waals surface area contributed by atoms with Crippen LogP contribution in [0.4, 0.5) is 11.5 Å². The number of carbonyl (C=O) groups is 2. The number of aryl methyl sites for hydroxylation is 2. The molecule has 2 heterocycles. The van der Waals surface area contributed by atoms with Gasteiger partial charge in [0.25, 0.3) is 5.56 Å². The Morgan fingerprint density at radius 1 is 1.22 bits per heavy atom. The number of carbonyl (C=O) groups excluding carboxylic acids is 2. The molecule has 0 radical (unpaired) electrons. The third kappa shape index (κ3) is 4.87. The van der Waals surface area contributed by atoms with Gasteiger partial charge in [0, 0.05) is 22.9 Å². The highest BCUT2D eigenvalue weighted by molar-refractivity contribution is 7.98. The molecule has 2 aromatic carbocycles. The lowest BCUT2D eigenvalue weighted by atomic mass is 9.92. The molecule has 3 N–H and O–H groups in total. The van der Waals surface area contributed by atoms with E-state index in [9.17, 15) is 14.4 Å².